The van der Waals surface area contributed by atoms with Gasteiger partial charge in [-0.1, -0.05) is 32.6 Å². The third kappa shape index (κ3) is 2.78. The molecule has 2 atom stereocenters. The van der Waals surface area contributed by atoms with Crippen LogP contribution in [0.2, 0.25) is 0 Å². The van der Waals surface area contributed by atoms with Crippen LogP contribution in [0.25, 0.3) is 0 Å². The smallest absolute Gasteiger partial charge is 0.223 e. The van der Waals surface area contributed by atoms with Crippen molar-refractivity contribution in [3.63, 3.8) is 0 Å². The third-order valence-corrected chi connectivity index (χ3v) is 4.39. The van der Waals surface area contributed by atoms with Crippen molar-refractivity contribution in [2.75, 3.05) is 0 Å². The van der Waals surface area contributed by atoms with Crippen LogP contribution < -0.4 is 5.32 Å². The Bertz CT molecular complexity index is 235. The van der Waals surface area contributed by atoms with Crippen LogP contribution in [0.4, 0.5) is 0 Å². The molecule has 1 amide bonds. The topological polar surface area (TPSA) is 29.1 Å². The molecule has 0 unspecified atom stereocenters. The van der Waals surface area contributed by atoms with E-state index in [0.29, 0.717) is 17.9 Å². The van der Waals surface area contributed by atoms with Gasteiger partial charge < -0.3 is 5.32 Å². The fourth-order valence-corrected chi connectivity index (χ4v) is 3.01. The van der Waals surface area contributed by atoms with Crippen molar-refractivity contribution in [1.29, 1.82) is 0 Å². The molecule has 2 aliphatic carbocycles. The van der Waals surface area contributed by atoms with Crippen LogP contribution in [0.15, 0.2) is 0 Å². The maximum Gasteiger partial charge on any atom is 0.223 e. The highest BCUT2D eigenvalue weighted by atomic mass is 16.2. The summed E-state index contributed by atoms with van der Waals surface area (Å²) in [4.78, 5) is 11.9. The SMILES string of the molecule is CCCC[C@H]1CCC[C@@H]1NC(=O)C1CCC1. The molecule has 16 heavy (non-hydrogen) atoms. The number of nitrogens with one attached hydrogen (secondary N) is 1. The summed E-state index contributed by atoms with van der Waals surface area (Å²) in [6.07, 6.45) is 11.3. The highest BCUT2D eigenvalue weighted by Crippen LogP contribution is 2.32. The van der Waals surface area contributed by atoms with Gasteiger partial charge in [-0.3, -0.25) is 4.79 Å². The van der Waals surface area contributed by atoms with E-state index in [1.165, 1.54) is 44.9 Å². The average molecular weight is 223 g/mol. The van der Waals surface area contributed by atoms with Crippen LogP contribution in [0.1, 0.15) is 64.7 Å². The predicted octanol–water partition coefficient (Wildman–Crippen LogP) is 3.26. The van der Waals surface area contributed by atoms with Crippen LogP contribution in [0.5, 0.6) is 0 Å². The molecule has 0 aromatic carbocycles. The second-order valence-electron chi connectivity index (χ2n) is 5.58. The molecule has 0 aromatic heterocycles. The highest BCUT2D eigenvalue weighted by molar-refractivity contribution is 5.79. The number of carbonyl (C=O) groups is 1. The number of hydrogen-bond donors (Lipinski definition) is 1. The van der Waals surface area contributed by atoms with E-state index in [9.17, 15) is 4.79 Å². The Morgan fingerprint density at radius 2 is 1.94 bits per heavy atom. The number of rotatable bonds is 5. The summed E-state index contributed by atoms with van der Waals surface area (Å²) in [5.74, 6) is 1.47. The second-order valence-corrected chi connectivity index (χ2v) is 5.58. The first-order chi connectivity index (χ1) is 7.81. The Balaban J connectivity index is 1.76. The first-order valence-corrected chi connectivity index (χ1v) is 7.11. The van der Waals surface area contributed by atoms with E-state index < -0.39 is 0 Å². The molecular weight excluding hydrogens is 198 g/mol. The molecule has 0 aromatic rings. The van der Waals surface area contributed by atoms with Gasteiger partial charge in [0.2, 0.25) is 5.91 Å². The molecule has 2 fully saturated rings. The lowest BCUT2D eigenvalue weighted by Gasteiger charge is -2.28. The normalized spacial score (nSPS) is 30.1. The molecule has 2 rings (SSSR count). The van der Waals surface area contributed by atoms with Crippen molar-refractivity contribution in [2.45, 2.75) is 70.8 Å². The zero-order valence-corrected chi connectivity index (χ0v) is 10.5. The largest absolute Gasteiger partial charge is 0.353 e. The van der Waals surface area contributed by atoms with Gasteiger partial charge in [-0.15, -0.1) is 0 Å². The van der Waals surface area contributed by atoms with E-state index in [0.717, 1.165) is 18.8 Å². The second kappa shape index (κ2) is 5.70. The molecule has 0 bridgehead atoms. The van der Waals surface area contributed by atoms with Crippen molar-refractivity contribution in [1.82, 2.24) is 5.32 Å². The molecule has 1 N–H and O–H groups in total. The molecule has 92 valence electrons. The fourth-order valence-electron chi connectivity index (χ4n) is 3.01. The van der Waals surface area contributed by atoms with Crippen molar-refractivity contribution in [3.8, 4) is 0 Å². The van der Waals surface area contributed by atoms with Crippen LogP contribution in [0.3, 0.4) is 0 Å². The fraction of sp³-hybridized carbons (Fsp3) is 0.929. The number of amides is 1. The monoisotopic (exact) mass is 223 g/mol. The molecule has 2 nitrogen and oxygen atoms in total. The lowest BCUT2D eigenvalue weighted by molar-refractivity contribution is -0.128. The number of unbranched alkanes of at least 4 members (excludes halogenated alkanes) is 1. The molecule has 2 aliphatic rings. The molecule has 2 saturated carbocycles. The quantitative estimate of drug-likeness (QED) is 0.761. The minimum Gasteiger partial charge on any atom is -0.353 e. The van der Waals surface area contributed by atoms with Crippen molar-refractivity contribution >= 4 is 5.91 Å². The molecule has 0 saturated heterocycles. The minimum absolute atomic E-state index is 0.347. The molecule has 0 spiro atoms. The molecule has 2 heteroatoms. The number of carbonyl (C=O) groups excluding carboxylic acids is 1. The Kier molecular flexibility index (Phi) is 4.25. The van der Waals surface area contributed by atoms with Gasteiger partial charge in [-0.25, -0.2) is 0 Å². The summed E-state index contributed by atoms with van der Waals surface area (Å²) in [5.41, 5.74) is 0. The van der Waals surface area contributed by atoms with E-state index in [2.05, 4.69) is 12.2 Å². The first-order valence-electron chi connectivity index (χ1n) is 7.11. The van der Waals surface area contributed by atoms with Gasteiger partial charge in [0.1, 0.15) is 0 Å². The summed E-state index contributed by atoms with van der Waals surface area (Å²) < 4.78 is 0. The zero-order chi connectivity index (χ0) is 11.4. The van der Waals surface area contributed by atoms with Crippen molar-refractivity contribution in [3.05, 3.63) is 0 Å². The van der Waals surface area contributed by atoms with Gasteiger partial charge in [0.25, 0.3) is 0 Å². The van der Waals surface area contributed by atoms with E-state index in [4.69, 9.17) is 0 Å². The van der Waals surface area contributed by atoms with E-state index in [1.807, 2.05) is 0 Å². The van der Waals surface area contributed by atoms with E-state index in [1.54, 1.807) is 0 Å². The summed E-state index contributed by atoms with van der Waals surface area (Å²) in [5, 5.41) is 3.30. The summed E-state index contributed by atoms with van der Waals surface area (Å²) in [6.45, 7) is 2.25. The lowest BCUT2D eigenvalue weighted by atomic mass is 9.84. The van der Waals surface area contributed by atoms with Gasteiger partial charge in [0.15, 0.2) is 0 Å². The molecule has 0 aliphatic heterocycles. The number of hydrogen-bond acceptors (Lipinski definition) is 1. The lowest BCUT2D eigenvalue weighted by Crippen LogP contribution is -2.42. The Morgan fingerprint density at radius 3 is 2.56 bits per heavy atom. The Hall–Kier alpha value is -0.530. The van der Waals surface area contributed by atoms with Gasteiger partial charge in [0.05, 0.1) is 0 Å². The van der Waals surface area contributed by atoms with Crippen LogP contribution in [-0.4, -0.2) is 11.9 Å². The maximum atomic E-state index is 11.9. The van der Waals surface area contributed by atoms with Gasteiger partial charge in [-0.2, -0.15) is 0 Å². The van der Waals surface area contributed by atoms with Gasteiger partial charge in [-0.05, 0) is 38.0 Å². The summed E-state index contributed by atoms with van der Waals surface area (Å²) in [7, 11) is 0. The first kappa shape index (κ1) is 11.9. The zero-order valence-electron chi connectivity index (χ0n) is 10.5. The predicted molar refractivity (Wildman–Crippen MR) is 66.1 cm³/mol. The van der Waals surface area contributed by atoms with Crippen molar-refractivity contribution in [2.24, 2.45) is 11.8 Å². The van der Waals surface area contributed by atoms with Gasteiger partial charge in [0, 0.05) is 12.0 Å². The Morgan fingerprint density at radius 1 is 1.19 bits per heavy atom. The van der Waals surface area contributed by atoms with Crippen LogP contribution in [-0.2, 0) is 4.79 Å². The Labute approximate surface area is 99.2 Å². The summed E-state index contributed by atoms with van der Waals surface area (Å²) >= 11 is 0. The van der Waals surface area contributed by atoms with E-state index in [-0.39, 0.29) is 0 Å². The van der Waals surface area contributed by atoms with Crippen LogP contribution >= 0.6 is 0 Å². The summed E-state index contributed by atoms with van der Waals surface area (Å²) in [6, 6.07) is 0.500. The molecule has 0 radical (unpaired) electrons. The minimum atomic E-state index is 0.347. The standard InChI is InChI=1S/C14H25NO/c1-2-3-6-11-7-5-10-13(11)15-14(16)12-8-4-9-12/h11-13H,2-10H2,1H3,(H,15,16)/t11-,13-/m0/s1. The third-order valence-electron chi connectivity index (χ3n) is 4.39. The van der Waals surface area contributed by atoms with Gasteiger partial charge >= 0.3 is 0 Å². The van der Waals surface area contributed by atoms with Crippen LogP contribution in [0, 0.1) is 11.8 Å². The van der Waals surface area contributed by atoms with E-state index >= 15 is 0 Å². The highest BCUT2D eigenvalue weighted by Gasteiger charge is 2.31. The van der Waals surface area contributed by atoms with Crippen molar-refractivity contribution < 1.29 is 4.79 Å². The average Bonchev–Trinajstić information content (AvgIpc) is 2.59. The maximum absolute atomic E-state index is 11.9. The molecule has 0 heterocycles. The molecular formula is C14H25NO.